The molecule has 3 aromatic carbocycles. The summed E-state index contributed by atoms with van der Waals surface area (Å²) in [6, 6.07) is 21.1. The lowest BCUT2D eigenvalue weighted by molar-refractivity contribution is -0.137. The quantitative estimate of drug-likeness (QED) is 0.291. The van der Waals surface area contributed by atoms with Crippen LogP contribution in [0.2, 0.25) is 0 Å². The second kappa shape index (κ2) is 9.91. The number of aliphatic carboxylic acids is 1. The van der Waals surface area contributed by atoms with E-state index in [0.29, 0.717) is 12.1 Å². The predicted molar refractivity (Wildman–Crippen MR) is 143 cm³/mol. The summed E-state index contributed by atoms with van der Waals surface area (Å²) in [7, 11) is 1.95. The van der Waals surface area contributed by atoms with Gasteiger partial charge in [-0.3, -0.25) is 14.6 Å². The summed E-state index contributed by atoms with van der Waals surface area (Å²) in [5.41, 5.74) is 5.66. The van der Waals surface area contributed by atoms with Crippen LogP contribution in [0.25, 0.3) is 11.4 Å². The fraction of sp³-hybridized carbons (Fsp3) is 0.143. The Morgan fingerprint density at radius 1 is 1.11 bits per heavy atom. The molecule has 0 aliphatic carbocycles. The number of imidazole rings is 1. The standard InChI is InChI=1S/C28H23BrN4O3/c1-33-15-14-30-27(33)19-7-10-21(11-8-19)31-26(18-5-2-17(3-6-18)4-13-24(34)35)25-22-12-9-20(29)16-23(22)32-28(25)36/h2-3,5-12,14-16,25H,4,13H2,1H3,(H,32,36)(H,34,35). The Morgan fingerprint density at radius 2 is 1.86 bits per heavy atom. The second-order valence-electron chi connectivity index (χ2n) is 8.65. The molecular weight excluding hydrogens is 520 g/mol. The van der Waals surface area contributed by atoms with E-state index in [2.05, 4.69) is 26.2 Å². The monoisotopic (exact) mass is 542 g/mol. The first-order valence-electron chi connectivity index (χ1n) is 11.5. The van der Waals surface area contributed by atoms with Crippen molar-refractivity contribution in [3.8, 4) is 11.4 Å². The number of aliphatic imine (C=N–C) groups is 1. The van der Waals surface area contributed by atoms with Crippen LogP contribution >= 0.6 is 15.9 Å². The predicted octanol–water partition coefficient (Wildman–Crippen LogP) is 5.72. The summed E-state index contributed by atoms with van der Waals surface area (Å²) < 4.78 is 2.83. The Morgan fingerprint density at radius 3 is 2.53 bits per heavy atom. The van der Waals surface area contributed by atoms with Gasteiger partial charge in [-0.1, -0.05) is 46.3 Å². The van der Waals surface area contributed by atoms with Gasteiger partial charge in [0, 0.05) is 41.6 Å². The molecule has 0 spiro atoms. The van der Waals surface area contributed by atoms with Crippen molar-refractivity contribution < 1.29 is 14.7 Å². The number of anilines is 1. The molecule has 1 aliphatic heterocycles. The Kier molecular flexibility index (Phi) is 6.52. The van der Waals surface area contributed by atoms with Crippen LogP contribution in [0, 0.1) is 0 Å². The highest BCUT2D eigenvalue weighted by molar-refractivity contribution is 9.10. The molecule has 1 aromatic heterocycles. The van der Waals surface area contributed by atoms with E-state index in [-0.39, 0.29) is 12.3 Å². The molecule has 4 aromatic rings. The van der Waals surface area contributed by atoms with Crippen LogP contribution in [-0.4, -0.2) is 32.2 Å². The minimum atomic E-state index is -0.833. The molecule has 2 heterocycles. The number of hydrogen-bond acceptors (Lipinski definition) is 4. The third-order valence-electron chi connectivity index (χ3n) is 6.19. The van der Waals surface area contributed by atoms with E-state index in [1.165, 1.54) is 0 Å². The third kappa shape index (κ3) is 4.85. The fourth-order valence-electron chi connectivity index (χ4n) is 4.36. The molecule has 0 bridgehead atoms. The normalized spacial score (nSPS) is 15.0. The average Bonchev–Trinajstić information content (AvgIpc) is 3.43. The lowest BCUT2D eigenvalue weighted by Gasteiger charge is -2.15. The Hall–Kier alpha value is -4.04. The van der Waals surface area contributed by atoms with Crippen molar-refractivity contribution in [3.05, 3.63) is 100 Å². The van der Waals surface area contributed by atoms with E-state index in [1.807, 2.05) is 84.5 Å². The number of fused-ring (bicyclic) bond motifs is 1. The molecule has 1 aliphatic rings. The molecular formula is C28H23BrN4O3. The minimum Gasteiger partial charge on any atom is -0.481 e. The fourth-order valence-corrected chi connectivity index (χ4v) is 4.72. The number of aromatic nitrogens is 2. The molecule has 36 heavy (non-hydrogen) atoms. The number of carbonyl (C=O) groups excluding carboxylic acids is 1. The number of aryl methyl sites for hydroxylation is 2. The summed E-state index contributed by atoms with van der Waals surface area (Å²) >= 11 is 3.47. The van der Waals surface area contributed by atoms with Crippen LogP contribution in [0.4, 0.5) is 11.4 Å². The molecule has 180 valence electrons. The summed E-state index contributed by atoms with van der Waals surface area (Å²) in [6.07, 6.45) is 4.16. The molecule has 7 nitrogen and oxygen atoms in total. The van der Waals surface area contributed by atoms with E-state index in [9.17, 15) is 9.59 Å². The smallest absolute Gasteiger partial charge is 0.303 e. The van der Waals surface area contributed by atoms with E-state index < -0.39 is 11.9 Å². The van der Waals surface area contributed by atoms with E-state index >= 15 is 0 Å². The van der Waals surface area contributed by atoms with Crippen molar-refractivity contribution in [1.29, 1.82) is 0 Å². The van der Waals surface area contributed by atoms with Crippen LogP contribution in [0.15, 0.2) is 88.6 Å². The first-order chi connectivity index (χ1) is 17.4. The topological polar surface area (TPSA) is 96.6 Å². The van der Waals surface area contributed by atoms with Gasteiger partial charge in [-0.25, -0.2) is 4.98 Å². The van der Waals surface area contributed by atoms with Gasteiger partial charge in [0.25, 0.3) is 0 Å². The average molecular weight is 543 g/mol. The SMILES string of the molecule is Cn1ccnc1-c1ccc(N=C(c2ccc(CCC(=O)O)cc2)C2C(=O)Nc3cc(Br)ccc32)cc1. The number of halogens is 1. The van der Waals surface area contributed by atoms with Gasteiger partial charge in [0.05, 0.1) is 11.4 Å². The number of nitrogens with zero attached hydrogens (tertiary/aromatic N) is 3. The van der Waals surface area contributed by atoms with Gasteiger partial charge in [-0.2, -0.15) is 0 Å². The van der Waals surface area contributed by atoms with Crippen LogP contribution in [0.3, 0.4) is 0 Å². The first-order valence-corrected chi connectivity index (χ1v) is 12.3. The highest BCUT2D eigenvalue weighted by atomic mass is 79.9. The Balaban J connectivity index is 1.55. The maximum Gasteiger partial charge on any atom is 0.303 e. The van der Waals surface area contributed by atoms with Crippen LogP contribution < -0.4 is 5.32 Å². The summed E-state index contributed by atoms with van der Waals surface area (Å²) in [5, 5.41) is 12.0. The lowest BCUT2D eigenvalue weighted by Crippen LogP contribution is -2.22. The number of carboxylic acids is 1. The number of nitrogens with one attached hydrogen (secondary N) is 1. The first kappa shape index (κ1) is 23.7. The highest BCUT2D eigenvalue weighted by Gasteiger charge is 2.35. The van der Waals surface area contributed by atoms with Gasteiger partial charge >= 0.3 is 5.97 Å². The number of amides is 1. The minimum absolute atomic E-state index is 0.0654. The van der Waals surface area contributed by atoms with E-state index in [0.717, 1.165) is 43.9 Å². The van der Waals surface area contributed by atoms with Gasteiger partial charge in [-0.05, 0) is 59.5 Å². The molecule has 1 unspecified atom stereocenters. The molecule has 5 rings (SSSR count). The largest absolute Gasteiger partial charge is 0.481 e. The van der Waals surface area contributed by atoms with Crippen molar-refractivity contribution in [2.24, 2.45) is 12.0 Å². The van der Waals surface area contributed by atoms with Crippen LogP contribution in [0.5, 0.6) is 0 Å². The number of carboxylic acid groups (broad SMARTS) is 1. The molecule has 0 saturated heterocycles. The van der Waals surface area contributed by atoms with Gasteiger partial charge in [-0.15, -0.1) is 0 Å². The molecule has 0 saturated carbocycles. The van der Waals surface area contributed by atoms with Crippen molar-refractivity contribution in [1.82, 2.24) is 9.55 Å². The zero-order chi connectivity index (χ0) is 25.2. The highest BCUT2D eigenvalue weighted by Crippen LogP contribution is 2.38. The summed E-state index contributed by atoms with van der Waals surface area (Å²) in [4.78, 5) is 33.5. The Bertz CT molecular complexity index is 1470. The number of benzene rings is 3. The lowest BCUT2D eigenvalue weighted by atomic mass is 9.90. The van der Waals surface area contributed by atoms with Crippen molar-refractivity contribution in [3.63, 3.8) is 0 Å². The van der Waals surface area contributed by atoms with E-state index in [4.69, 9.17) is 10.1 Å². The molecule has 1 atom stereocenters. The van der Waals surface area contributed by atoms with Crippen LogP contribution in [0.1, 0.15) is 29.0 Å². The third-order valence-corrected chi connectivity index (χ3v) is 6.69. The number of hydrogen-bond donors (Lipinski definition) is 2. The van der Waals surface area contributed by atoms with Gasteiger partial charge in [0.1, 0.15) is 11.7 Å². The van der Waals surface area contributed by atoms with Crippen molar-refractivity contribution in [2.45, 2.75) is 18.8 Å². The zero-order valence-corrected chi connectivity index (χ0v) is 21.1. The molecule has 0 radical (unpaired) electrons. The molecule has 8 heteroatoms. The summed E-state index contributed by atoms with van der Waals surface area (Å²) in [6.45, 7) is 0. The summed E-state index contributed by atoms with van der Waals surface area (Å²) in [5.74, 6) is -0.688. The maximum absolute atomic E-state index is 13.2. The molecule has 1 amide bonds. The van der Waals surface area contributed by atoms with E-state index in [1.54, 1.807) is 6.20 Å². The molecule has 0 fully saturated rings. The molecule has 2 N–H and O–H groups in total. The van der Waals surface area contributed by atoms with Gasteiger partial charge in [0.2, 0.25) is 5.91 Å². The van der Waals surface area contributed by atoms with Crippen LogP contribution in [-0.2, 0) is 23.1 Å². The van der Waals surface area contributed by atoms with Crippen molar-refractivity contribution in [2.75, 3.05) is 5.32 Å². The number of carbonyl (C=O) groups is 2. The Labute approximate surface area is 216 Å². The van der Waals surface area contributed by atoms with Crippen molar-refractivity contribution >= 4 is 44.9 Å². The van der Waals surface area contributed by atoms with Gasteiger partial charge < -0.3 is 15.0 Å². The van der Waals surface area contributed by atoms with Gasteiger partial charge in [0.15, 0.2) is 0 Å². The second-order valence-corrected chi connectivity index (χ2v) is 9.57. The number of rotatable bonds is 7. The zero-order valence-electron chi connectivity index (χ0n) is 19.5. The maximum atomic E-state index is 13.2.